The van der Waals surface area contributed by atoms with Crippen LogP contribution in [0.15, 0.2) is 42.5 Å². The number of nitrogens with two attached hydrogens (primary N) is 1. The average molecular weight is 282 g/mol. The maximum Gasteiger partial charge on any atom is 0.123 e. The first-order valence-electron chi connectivity index (χ1n) is 5.46. The fourth-order valence-electron chi connectivity index (χ4n) is 1.86. The first-order valence-corrected chi connectivity index (χ1v) is 6.22. The van der Waals surface area contributed by atoms with E-state index >= 15 is 0 Å². The molecule has 2 aromatic carbocycles. The molecule has 0 aromatic heterocycles. The van der Waals surface area contributed by atoms with Crippen LogP contribution in [0.5, 0.6) is 5.75 Å². The van der Waals surface area contributed by atoms with Crippen LogP contribution in [0, 0.1) is 0 Å². The monoisotopic (exact) mass is 281 g/mol. The van der Waals surface area contributed by atoms with Gasteiger partial charge >= 0.3 is 0 Å². The third kappa shape index (κ3) is 2.78. The average Bonchev–Trinajstić information content (AvgIpc) is 2.36. The van der Waals surface area contributed by atoms with Crippen molar-refractivity contribution in [2.24, 2.45) is 5.73 Å². The van der Waals surface area contributed by atoms with Crippen LogP contribution in [0.1, 0.15) is 17.2 Å². The van der Waals surface area contributed by atoms with Crippen LogP contribution in [0.2, 0.25) is 10.0 Å². The number of rotatable bonds is 3. The third-order valence-electron chi connectivity index (χ3n) is 2.72. The summed E-state index contributed by atoms with van der Waals surface area (Å²) in [5, 5.41) is 1.14. The predicted molar refractivity (Wildman–Crippen MR) is 75.5 cm³/mol. The topological polar surface area (TPSA) is 35.2 Å². The largest absolute Gasteiger partial charge is 0.496 e. The van der Waals surface area contributed by atoms with Crippen molar-refractivity contribution < 1.29 is 4.74 Å². The molecule has 2 rings (SSSR count). The van der Waals surface area contributed by atoms with Crippen molar-refractivity contribution in [3.63, 3.8) is 0 Å². The van der Waals surface area contributed by atoms with E-state index in [1.807, 2.05) is 36.4 Å². The zero-order valence-corrected chi connectivity index (χ0v) is 11.4. The van der Waals surface area contributed by atoms with E-state index in [4.69, 9.17) is 33.7 Å². The van der Waals surface area contributed by atoms with Crippen molar-refractivity contribution >= 4 is 23.2 Å². The fraction of sp³-hybridized carbons (Fsp3) is 0.143. The van der Waals surface area contributed by atoms with Crippen LogP contribution in [-0.2, 0) is 0 Å². The van der Waals surface area contributed by atoms with Crippen LogP contribution < -0.4 is 10.5 Å². The fourth-order valence-corrected chi connectivity index (χ4v) is 2.40. The Kier molecular flexibility index (Phi) is 4.12. The van der Waals surface area contributed by atoms with Gasteiger partial charge in [-0.2, -0.15) is 0 Å². The Bertz CT molecular complexity index is 537. The highest BCUT2D eigenvalue weighted by atomic mass is 35.5. The van der Waals surface area contributed by atoms with Gasteiger partial charge < -0.3 is 10.5 Å². The Labute approximate surface area is 116 Å². The number of ether oxygens (including phenoxy) is 1. The predicted octanol–water partition coefficient (Wildman–Crippen LogP) is 4.05. The maximum absolute atomic E-state index is 6.23. The van der Waals surface area contributed by atoms with Gasteiger partial charge in [0.15, 0.2) is 0 Å². The molecule has 0 aliphatic rings. The molecule has 0 fully saturated rings. The van der Waals surface area contributed by atoms with Crippen molar-refractivity contribution in [1.29, 1.82) is 0 Å². The first kappa shape index (κ1) is 13.2. The highest BCUT2D eigenvalue weighted by Crippen LogP contribution is 2.30. The molecular weight excluding hydrogens is 269 g/mol. The Hall–Kier alpha value is -1.22. The zero-order chi connectivity index (χ0) is 13.1. The van der Waals surface area contributed by atoms with Gasteiger partial charge in [-0.05, 0) is 29.8 Å². The molecular formula is C14H13Cl2NO. The number of hydrogen-bond donors (Lipinski definition) is 1. The lowest BCUT2D eigenvalue weighted by Gasteiger charge is -2.16. The van der Waals surface area contributed by atoms with Crippen LogP contribution in [0.25, 0.3) is 0 Å². The third-order valence-corrected chi connectivity index (χ3v) is 3.15. The van der Waals surface area contributed by atoms with Gasteiger partial charge in [-0.3, -0.25) is 0 Å². The molecule has 0 aliphatic heterocycles. The number of methoxy groups -OCH3 is 1. The van der Waals surface area contributed by atoms with Crippen molar-refractivity contribution in [1.82, 2.24) is 0 Å². The highest BCUT2D eigenvalue weighted by molar-refractivity contribution is 6.34. The van der Waals surface area contributed by atoms with Crippen molar-refractivity contribution in [2.45, 2.75) is 6.04 Å². The molecule has 0 saturated carbocycles. The number of para-hydroxylation sites is 1. The minimum Gasteiger partial charge on any atom is -0.496 e. The maximum atomic E-state index is 6.23. The molecule has 2 nitrogen and oxygen atoms in total. The summed E-state index contributed by atoms with van der Waals surface area (Å²) in [7, 11) is 1.62. The molecule has 0 heterocycles. The molecule has 0 radical (unpaired) electrons. The molecule has 0 aliphatic carbocycles. The van der Waals surface area contributed by atoms with Crippen molar-refractivity contribution in [3.8, 4) is 5.75 Å². The van der Waals surface area contributed by atoms with Crippen LogP contribution in [0.4, 0.5) is 0 Å². The SMILES string of the molecule is COc1ccccc1C(N)c1cc(Cl)cc(Cl)c1. The van der Waals surface area contributed by atoms with Gasteiger partial charge in [0.2, 0.25) is 0 Å². The summed E-state index contributed by atoms with van der Waals surface area (Å²) in [6.07, 6.45) is 0. The summed E-state index contributed by atoms with van der Waals surface area (Å²) in [6, 6.07) is 12.6. The van der Waals surface area contributed by atoms with Gasteiger partial charge in [0.25, 0.3) is 0 Å². The lowest BCUT2D eigenvalue weighted by molar-refractivity contribution is 0.408. The number of benzene rings is 2. The van der Waals surface area contributed by atoms with Crippen molar-refractivity contribution in [2.75, 3.05) is 7.11 Å². The standard InChI is InChI=1S/C14H13Cl2NO/c1-18-13-5-3-2-4-12(13)14(17)9-6-10(15)8-11(16)7-9/h2-8,14H,17H2,1H3. The molecule has 1 atom stereocenters. The van der Waals surface area contributed by atoms with Gasteiger partial charge in [-0.15, -0.1) is 0 Å². The Balaban J connectivity index is 2.44. The highest BCUT2D eigenvalue weighted by Gasteiger charge is 2.14. The lowest BCUT2D eigenvalue weighted by Crippen LogP contribution is -2.13. The molecule has 0 spiro atoms. The van der Waals surface area contributed by atoms with E-state index in [2.05, 4.69) is 0 Å². The molecule has 18 heavy (non-hydrogen) atoms. The van der Waals surface area contributed by atoms with Crippen LogP contribution in [-0.4, -0.2) is 7.11 Å². The van der Waals surface area contributed by atoms with E-state index in [0.29, 0.717) is 10.0 Å². The van der Waals surface area contributed by atoms with Gasteiger partial charge in [0, 0.05) is 15.6 Å². The van der Waals surface area contributed by atoms with Gasteiger partial charge in [-0.25, -0.2) is 0 Å². The smallest absolute Gasteiger partial charge is 0.123 e. The Morgan fingerprint density at radius 1 is 1.06 bits per heavy atom. The summed E-state index contributed by atoms with van der Waals surface area (Å²) in [5.74, 6) is 0.751. The number of hydrogen-bond acceptors (Lipinski definition) is 2. The summed E-state index contributed by atoms with van der Waals surface area (Å²) < 4.78 is 5.30. The van der Waals surface area contributed by atoms with E-state index in [1.54, 1.807) is 13.2 Å². The van der Waals surface area contributed by atoms with Crippen LogP contribution in [0.3, 0.4) is 0 Å². The molecule has 0 saturated heterocycles. The first-order chi connectivity index (χ1) is 8.61. The molecule has 1 unspecified atom stereocenters. The summed E-state index contributed by atoms with van der Waals surface area (Å²) in [6.45, 7) is 0. The van der Waals surface area contributed by atoms with E-state index in [-0.39, 0.29) is 6.04 Å². The second-order valence-electron chi connectivity index (χ2n) is 3.92. The second kappa shape index (κ2) is 5.61. The Morgan fingerprint density at radius 3 is 2.28 bits per heavy atom. The van der Waals surface area contributed by atoms with Gasteiger partial charge in [-0.1, -0.05) is 41.4 Å². The zero-order valence-electron chi connectivity index (χ0n) is 9.86. The minimum atomic E-state index is -0.322. The summed E-state index contributed by atoms with van der Waals surface area (Å²) >= 11 is 12.0. The van der Waals surface area contributed by atoms with Gasteiger partial charge in [0.05, 0.1) is 13.2 Å². The molecule has 2 N–H and O–H groups in total. The van der Waals surface area contributed by atoms with Gasteiger partial charge in [0.1, 0.15) is 5.75 Å². The van der Waals surface area contributed by atoms with E-state index in [0.717, 1.165) is 16.9 Å². The number of halogens is 2. The summed E-state index contributed by atoms with van der Waals surface area (Å²) in [4.78, 5) is 0. The Morgan fingerprint density at radius 2 is 1.67 bits per heavy atom. The van der Waals surface area contributed by atoms with E-state index < -0.39 is 0 Å². The molecule has 0 amide bonds. The second-order valence-corrected chi connectivity index (χ2v) is 4.80. The normalized spacial score (nSPS) is 12.2. The van der Waals surface area contributed by atoms with E-state index in [9.17, 15) is 0 Å². The lowest BCUT2D eigenvalue weighted by atomic mass is 9.99. The quantitative estimate of drug-likeness (QED) is 0.921. The van der Waals surface area contributed by atoms with Crippen LogP contribution >= 0.6 is 23.2 Å². The molecule has 2 aromatic rings. The summed E-state index contributed by atoms with van der Waals surface area (Å²) in [5.41, 5.74) is 7.99. The molecule has 0 bridgehead atoms. The minimum absolute atomic E-state index is 0.322. The molecule has 4 heteroatoms. The van der Waals surface area contributed by atoms with Crippen molar-refractivity contribution in [3.05, 3.63) is 63.6 Å². The molecule has 94 valence electrons. The van der Waals surface area contributed by atoms with E-state index in [1.165, 1.54) is 0 Å².